The molecule has 2 aromatic carbocycles. The van der Waals surface area contributed by atoms with Crippen LogP contribution < -0.4 is 10.5 Å². The number of alkyl halides is 3. The molecule has 6 heteroatoms. The minimum atomic E-state index is -4.35. The molecule has 2 rings (SSSR count). The highest BCUT2D eigenvalue weighted by Gasteiger charge is 2.27. The second kappa shape index (κ2) is 5.36. The number of rotatable bonds is 4. The fraction of sp³-hybridized carbons (Fsp3) is 0.231. The quantitative estimate of drug-likeness (QED) is 0.527. The molecule has 0 fully saturated rings. The first-order valence-electron chi connectivity index (χ1n) is 5.52. The maximum absolute atomic E-state index is 11.9. The van der Waals surface area contributed by atoms with E-state index in [0.29, 0.717) is 11.4 Å². The number of fused-ring (bicyclic) bond motifs is 1. The van der Waals surface area contributed by atoms with Crippen LogP contribution in [0.15, 0.2) is 36.4 Å². The minimum Gasteiger partial charge on any atom is -0.467 e. The zero-order valence-corrected chi connectivity index (χ0v) is 9.91. The van der Waals surface area contributed by atoms with Crippen LogP contribution in [0.4, 0.5) is 18.9 Å². The summed E-state index contributed by atoms with van der Waals surface area (Å²) in [6, 6.07) is 10.5. The Labute approximate surface area is 107 Å². The van der Waals surface area contributed by atoms with E-state index < -0.39 is 19.6 Å². The molecule has 0 heterocycles. The highest BCUT2D eigenvalue weighted by Crippen LogP contribution is 2.29. The molecule has 19 heavy (non-hydrogen) atoms. The molecule has 2 N–H and O–H groups in total. The van der Waals surface area contributed by atoms with Gasteiger partial charge in [-0.1, -0.05) is 24.3 Å². The van der Waals surface area contributed by atoms with Crippen LogP contribution >= 0.6 is 0 Å². The van der Waals surface area contributed by atoms with E-state index >= 15 is 0 Å². The highest BCUT2D eigenvalue weighted by molar-refractivity contribution is 5.96. The number of hydrogen-bond donors (Lipinski definition) is 1. The zero-order chi connectivity index (χ0) is 13.9. The Kier molecular flexibility index (Phi) is 3.80. The Hall–Kier alpha value is -1.95. The third kappa shape index (κ3) is 3.51. The molecule has 0 bridgehead atoms. The van der Waals surface area contributed by atoms with Gasteiger partial charge in [0.05, 0.1) is 0 Å². The molecule has 0 aromatic heterocycles. The summed E-state index contributed by atoms with van der Waals surface area (Å²) >= 11 is 0. The van der Waals surface area contributed by atoms with Crippen molar-refractivity contribution in [2.75, 3.05) is 19.1 Å². The second-order valence-corrected chi connectivity index (χ2v) is 3.92. The van der Waals surface area contributed by atoms with Crippen molar-refractivity contribution >= 4 is 16.5 Å². The van der Waals surface area contributed by atoms with E-state index in [-0.39, 0.29) is 0 Å². The summed E-state index contributed by atoms with van der Waals surface area (Å²) in [4.78, 5) is 0. The molecule has 3 nitrogen and oxygen atoms in total. The van der Waals surface area contributed by atoms with E-state index in [9.17, 15) is 13.2 Å². The average Bonchev–Trinajstić information content (AvgIpc) is 2.36. The van der Waals surface area contributed by atoms with Crippen molar-refractivity contribution < 1.29 is 22.6 Å². The van der Waals surface area contributed by atoms with Crippen molar-refractivity contribution in [3.05, 3.63) is 36.4 Å². The van der Waals surface area contributed by atoms with Crippen molar-refractivity contribution in [1.82, 2.24) is 0 Å². The summed E-state index contributed by atoms with van der Waals surface area (Å²) in [5.74, 6) is 0.437. The van der Waals surface area contributed by atoms with Gasteiger partial charge in [0.1, 0.15) is 12.4 Å². The van der Waals surface area contributed by atoms with E-state index in [4.69, 9.17) is 10.5 Å². The lowest BCUT2D eigenvalue weighted by Crippen LogP contribution is -2.19. The first-order chi connectivity index (χ1) is 8.97. The molecule has 0 saturated heterocycles. The van der Waals surface area contributed by atoms with Gasteiger partial charge in [-0.15, -0.1) is 0 Å². The second-order valence-electron chi connectivity index (χ2n) is 3.92. The molecule has 0 aliphatic carbocycles. The lowest BCUT2D eigenvalue weighted by atomic mass is 10.1. The lowest BCUT2D eigenvalue weighted by molar-refractivity contribution is -0.186. The maximum Gasteiger partial charge on any atom is 0.411 e. The van der Waals surface area contributed by atoms with Gasteiger partial charge in [-0.3, -0.25) is 0 Å². The van der Waals surface area contributed by atoms with Gasteiger partial charge >= 0.3 is 6.18 Å². The third-order valence-electron chi connectivity index (χ3n) is 2.48. The SMILES string of the molecule is Nc1ccc(OCOCC(F)(F)F)c2ccccc12. The van der Waals surface area contributed by atoms with Gasteiger partial charge < -0.3 is 15.2 Å². The first-order valence-corrected chi connectivity index (χ1v) is 5.52. The fourth-order valence-corrected chi connectivity index (χ4v) is 1.68. The van der Waals surface area contributed by atoms with Gasteiger partial charge in [0.15, 0.2) is 6.79 Å². The van der Waals surface area contributed by atoms with Crippen LogP contribution in [-0.4, -0.2) is 19.6 Å². The van der Waals surface area contributed by atoms with Crippen LogP contribution in [0, 0.1) is 0 Å². The van der Waals surface area contributed by atoms with Crippen LogP contribution in [0.5, 0.6) is 5.75 Å². The molecule has 102 valence electrons. The van der Waals surface area contributed by atoms with E-state index in [1.54, 1.807) is 24.3 Å². The Balaban J connectivity index is 2.07. The van der Waals surface area contributed by atoms with Crippen molar-refractivity contribution in [3.63, 3.8) is 0 Å². The molecule has 2 aromatic rings. The lowest BCUT2D eigenvalue weighted by Gasteiger charge is -2.12. The maximum atomic E-state index is 11.9. The molecule has 0 spiro atoms. The summed E-state index contributed by atoms with van der Waals surface area (Å²) in [6.07, 6.45) is -4.35. The Morgan fingerprint density at radius 3 is 2.37 bits per heavy atom. The predicted molar refractivity (Wildman–Crippen MR) is 65.9 cm³/mol. The average molecular weight is 271 g/mol. The fourth-order valence-electron chi connectivity index (χ4n) is 1.68. The Morgan fingerprint density at radius 2 is 1.68 bits per heavy atom. The summed E-state index contributed by atoms with van der Waals surface area (Å²) < 4.78 is 45.3. The van der Waals surface area contributed by atoms with Crippen molar-refractivity contribution in [2.24, 2.45) is 0 Å². The van der Waals surface area contributed by atoms with Gasteiger partial charge in [-0.25, -0.2) is 0 Å². The normalized spacial score (nSPS) is 11.7. The summed E-state index contributed by atoms with van der Waals surface area (Å²) in [5.41, 5.74) is 6.38. The van der Waals surface area contributed by atoms with Crippen molar-refractivity contribution in [2.45, 2.75) is 6.18 Å². The van der Waals surface area contributed by atoms with Crippen LogP contribution in [-0.2, 0) is 4.74 Å². The molecular formula is C13H12F3NO2. The van der Waals surface area contributed by atoms with Gasteiger partial charge in [-0.2, -0.15) is 13.2 Å². The van der Waals surface area contributed by atoms with Gasteiger partial charge in [0.2, 0.25) is 0 Å². The molecule has 0 atom stereocenters. The van der Waals surface area contributed by atoms with Crippen LogP contribution in [0.25, 0.3) is 10.8 Å². The Bertz CT molecular complexity index is 569. The largest absolute Gasteiger partial charge is 0.467 e. The number of halogens is 3. The number of benzene rings is 2. The smallest absolute Gasteiger partial charge is 0.411 e. The molecule has 0 unspecified atom stereocenters. The first kappa shape index (κ1) is 13.5. The zero-order valence-electron chi connectivity index (χ0n) is 9.91. The van der Waals surface area contributed by atoms with Crippen LogP contribution in [0.1, 0.15) is 0 Å². The molecule has 0 aliphatic rings. The topological polar surface area (TPSA) is 44.5 Å². The molecular weight excluding hydrogens is 259 g/mol. The van der Waals surface area contributed by atoms with Crippen molar-refractivity contribution in [1.29, 1.82) is 0 Å². The summed E-state index contributed by atoms with van der Waals surface area (Å²) in [7, 11) is 0. The highest BCUT2D eigenvalue weighted by atomic mass is 19.4. The van der Waals surface area contributed by atoms with Gasteiger partial charge in [-0.05, 0) is 12.1 Å². The number of anilines is 1. The monoisotopic (exact) mass is 271 g/mol. The van der Waals surface area contributed by atoms with E-state index in [0.717, 1.165) is 10.8 Å². The van der Waals surface area contributed by atoms with Crippen molar-refractivity contribution in [3.8, 4) is 5.75 Å². The van der Waals surface area contributed by atoms with Gasteiger partial charge in [0.25, 0.3) is 0 Å². The predicted octanol–water partition coefficient (Wildman–Crippen LogP) is 3.34. The third-order valence-corrected chi connectivity index (χ3v) is 2.48. The standard InChI is InChI=1S/C13H12F3NO2/c14-13(15,16)7-18-8-19-12-6-5-11(17)9-3-1-2-4-10(9)12/h1-6H,7-8,17H2. The van der Waals surface area contributed by atoms with E-state index in [1.807, 2.05) is 12.1 Å². The molecule has 0 amide bonds. The molecule has 0 radical (unpaired) electrons. The number of nitrogen functional groups attached to an aromatic ring is 1. The van der Waals surface area contributed by atoms with Crippen LogP contribution in [0.2, 0.25) is 0 Å². The van der Waals surface area contributed by atoms with Gasteiger partial charge in [0, 0.05) is 16.5 Å². The van der Waals surface area contributed by atoms with E-state index in [1.165, 1.54) is 0 Å². The number of ether oxygens (including phenoxy) is 2. The Morgan fingerprint density at radius 1 is 1.00 bits per heavy atom. The summed E-state index contributed by atoms with van der Waals surface area (Å²) in [6.45, 7) is -1.80. The van der Waals surface area contributed by atoms with Crippen LogP contribution in [0.3, 0.4) is 0 Å². The molecule has 0 saturated carbocycles. The summed E-state index contributed by atoms with van der Waals surface area (Å²) in [5, 5.41) is 1.52. The minimum absolute atomic E-state index is 0.437. The molecule has 0 aliphatic heterocycles. The number of nitrogens with two attached hydrogens (primary N) is 1. The van der Waals surface area contributed by atoms with E-state index in [2.05, 4.69) is 4.74 Å². The number of hydrogen-bond acceptors (Lipinski definition) is 3.